The van der Waals surface area contributed by atoms with E-state index in [0.29, 0.717) is 17.0 Å². The minimum absolute atomic E-state index is 0.0472. The van der Waals surface area contributed by atoms with E-state index in [9.17, 15) is 8.42 Å². The van der Waals surface area contributed by atoms with Crippen molar-refractivity contribution in [2.24, 2.45) is 5.73 Å². The van der Waals surface area contributed by atoms with Crippen LogP contribution in [-0.4, -0.2) is 28.6 Å². The van der Waals surface area contributed by atoms with Crippen molar-refractivity contribution >= 4 is 10.0 Å². The summed E-state index contributed by atoms with van der Waals surface area (Å²) in [7, 11) is -3.73. The fraction of sp³-hybridized carbons (Fsp3) is 0.364. The average Bonchev–Trinajstić information content (AvgIpc) is 2.80. The second-order valence-corrected chi connectivity index (χ2v) is 5.99. The van der Waals surface area contributed by atoms with E-state index in [1.165, 1.54) is 6.20 Å². The molecule has 0 atom stereocenters. The number of aromatic amines is 1. The molecule has 4 N–H and O–H groups in total. The highest BCUT2D eigenvalue weighted by atomic mass is 32.2. The Morgan fingerprint density at radius 1 is 1.30 bits per heavy atom. The van der Waals surface area contributed by atoms with Gasteiger partial charge in [0.2, 0.25) is 0 Å². The van der Waals surface area contributed by atoms with Crippen molar-refractivity contribution < 1.29 is 8.42 Å². The van der Waals surface area contributed by atoms with Crippen LogP contribution in [-0.2, 0) is 23.1 Å². The van der Waals surface area contributed by atoms with E-state index in [2.05, 4.69) is 24.9 Å². The van der Waals surface area contributed by atoms with Gasteiger partial charge in [0.05, 0.1) is 24.1 Å². The maximum Gasteiger partial charge on any atom is 0.260 e. The molecular weight excluding hydrogens is 280 g/mol. The standard InChI is InChI=1S/C11H16N6O2S/c1-7-4-14-9(5-13-7)6-15-20(18,19)11-10(3-12)8(2)16-17-11/h4-5,15H,3,6,12H2,1-2H3,(H,16,17). The minimum atomic E-state index is -3.73. The van der Waals surface area contributed by atoms with Gasteiger partial charge in [-0.15, -0.1) is 0 Å². The second-order valence-electron chi connectivity index (χ2n) is 4.31. The van der Waals surface area contributed by atoms with Crippen molar-refractivity contribution in [2.75, 3.05) is 0 Å². The van der Waals surface area contributed by atoms with Gasteiger partial charge in [0.15, 0.2) is 5.03 Å². The maximum absolute atomic E-state index is 12.2. The van der Waals surface area contributed by atoms with E-state index < -0.39 is 10.0 Å². The van der Waals surface area contributed by atoms with Gasteiger partial charge in [0.1, 0.15) is 0 Å². The molecule has 108 valence electrons. The van der Waals surface area contributed by atoms with Gasteiger partial charge in [-0.3, -0.25) is 15.1 Å². The predicted molar refractivity (Wildman–Crippen MR) is 72.0 cm³/mol. The number of nitrogens with one attached hydrogen (secondary N) is 2. The van der Waals surface area contributed by atoms with Gasteiger partial charge >= 0.3 is 0 Å². The largest absolute Gasteiger partial charge is 0.326 e. The number of hydrogen-bond donors (Lipinski definition) is 3. The third-order valence-corrected chi connectivity index (χ3v) is 4.14. The van der Waals surface area contributed by atoms with Crippen LogP contribution in [0.2, 0.25) is 0 Å². The summed E-state index contributed by atoms with van der Waals surface area (Å²) in [6, 6.07) is 0. The molecule has 8 nitrogen and oxygen atoms in total. The summed E-state index contributed by atoms with van der Waals surface area (Å²) in [6.07, 6.45) is 3.10. The van der Waals surface area contributed by atoms with Crippen molar-refractivity contribution in [1.29, 1.82) is 0 Å². The van der Waals surface area contributed by atoms with Crippen LogP contribution in [0.15, 0.2) is 17.4 Å². The Balaban J connectivity index is 2.17. The molecule has 0 unspecified atom stereocenters. The van der Waals surface area contributed by atoms with Gasteiger partial charge in [-0.25, -0.2) is 13.1 Å². The van der Waals surface area contributed by atoms with Gasteiger partial charge < -0.3 is 5.73 Å². The summed E-state index contributed by atoms with van der Waals surface area (Å²) in [5, 5.41) is 6.34. The van der Waals surface area contributed by atoms with Gasteiger partial charge in [-0.2, -0.15) is 5.10 Å². The van der Waals surface area contributed by atoms with E-state index in [1.807, 2.05) is 0 Å². The van der Waals surface area contributed by atoms with Crippen molar-refractivity contribution in [2.45, 2.75) is 32.0 Å². The summed E-state index contributed by atoms with van der Waals surface area (Å²) >= 11 is 0. The monoisotopic (exact) mass is 296 g/mol. The molecule has 0 aromatic carbocycles. The Morgan fingerprint density at radius 2 is 2.05 bits per heavy atom. The van der Waals surface area contributed by atoms with Gasteiger partial charge in [0, 0.05) is 24.0 Å². The molecule has 0 bridgehead atoms. The first-order valence-corrected chi connectivity index (χ1v) is 7.43. The molecule has 0 aliphatic carbocycles. The molecular formula is C11H16N6O2S. The Labute approximate surface area is 116 Å². The van der Waals surface area contributed by atoms with Gasteiger partial charge in [-0.05, 0) is 13.8 Å². The third-order valence-electron chi connectivity index (χ3n) is 2.77. The number of nitrogens with zero attached hydrogens (tertiary/aromatic N) is 3. The Hall–Kier alpha value is -1.84. The number of hydrogen-bond acceptors (Lipinski definition) is 6. The van der Waals surface area contributed by atoms with Crippen LogP contribution in [0, 0.1) is 13.8 Å². The number of H-pyrrole nitrogens is 1. The number of rotatable bonds is 5. The SMILES string of the molecule is Cc1cnc(CNS(=O)(=O)c2n[nH]c(C)c2CN)cn1. The summed E-state index contributed by atoms with van der Waals surface area (Å²) in [5.74, 6) is 0. The lowest BCUT2D eigenvalue weighted by Crippen LogP contribution is -2.25. The van der Waals surface area contributed by atoms with E-state index in [-0.39, 0.29) is 18.1 Å². The van der Waals surface area contributed by atoms with Crippen molar-refractivity contribution in [1.82, 2.24) is 24.9 Å². The smallest absolute Gasteiger partial charge is 0.260 e. The quantitative estimate of drug-likeness (QED) is 0.698. The predicted octanol–water partition coefficient (Wildman–Crippen LogP) is -0.246. The molecule has 2 aromatic heterocycles. The molecule has 20 heavy (non-hydrogen) atoms. The van der Waals surface area contributed by atoms with Crippen LogP contribution in [0.25, 0.3) is 0 Å². The lowest BCUT2D eigenvalue weighted by molar-refractivity contribution is 0.574. The highest BCUT2D eigenvalue weighted by Gasteiger charge is 2.22. The fourth-order valence-electron chi connectivity index (χ4n) is 1.64. The number of nitrogens with two attached hydrogens (primary N) is 1. The average molecular weight is 296 g/mol. The zero-order chi connectivity index (χ0) is 14.8. The van der Waals surface area contributed by atoms with Crippen LogP contribution < -0.4 is 10.5 Å². The first-order valence-electron chi connectivity index (χ1n) is 5.95. The van der Waals surface area contributed by atoms with Crippen LogP contribution in [0.1, 0.15) is 22.6 Å². The minimum Gasteiger partial charge on any atom is -0.326 e. The molecule has 0 saturated heterocycles. The second kappa shape index (κ2) is 5.65. The highest BCUT2D eigenvalue weighted by molar-refractivity contribution is 7.89. The van der Waals surface area contributed by atoms with Crippen LogP contribution in [0.4, 0.5) is 0 Å². The topological polar surface area (TPSA) is 127 Å². The number of sulfonamides is 1. The zero-order valence-electron chi connectivity index (χ0n) is 11.2. The van der Waals surface area contributed by atoms with Crippen LogP contribution in [0.3, 0.4) is 0 Å². The van der Waals surface area contributed by atoms with Crippen LogP contribution in [0.5, 0.6) is 0 Å². The summed E-state index contributed by atoms with van der Waals surface area (Å²) in [4.78, 5) is 8.13. The van der Waals surface area contributed by atoms with E-state index in [0.717, 1.165) is 5.69 Å². The zero-order valence-corrected chi connectivity index (χ0v) is 12.0. The fourth-order valence-corrected chi connectivity index (χ4v) is 2.84. The molecule has 0 aliphatic rings. The van der Waals surface area contributed by atoms with Crippen molar-refractivity contribution in [3.05, 3.63) is 35.0 Å². The van der Waals surface area contributed by atoms with Gasteiger partial charge in [0.25, 0.3) is 10.0 Å². The number of aromatic nitrogens is 4. The summed E-state index contributed by atoms with van der Waals surface area (Å²) in [6.45, 7) is 3.68. The Morgan fingerprint density at radius 3 is 2.65 bits per heavy atom. The molecule has 0 radical (unpaired) electrons. The van der Waals surface area contributed by atoms with Crippen molar-refractivity contribution in [3.63, 3.8) is 0 Å². The lowest BCUT2D eigenvalue weighted by Gasteiger charge is -2.05. The molecule has 0 amide bonds. The number of aryl methyl sites for hydroxylation is 2. The van der Waals surface area contributed by atoms with E-state index in [1.54, 1.807) is 20.0 Å². The molecule has 2 rings (SSSR count). The highest BCUT2D eigenvalue weighted by Crippen LogP contribution is 2.15. The van der Waals surface area contributed by atoms with E-state index in [4.69, 9.17) is 5.73 Å². The molecule has 2 aromatic rings. The van der Waals surface area contributed by atoms with Crippen LogP contribution >= 0.6 is 0 Å². The summed E-state index contributed by atoms with van der Waals surface area (Å²) in [5.41, 5.74) is 7.96. The Kier molecular flexibility index (Phi) is 4.12. The molecule has 0 fully saturated rings. The Bertz CT molecular complexity index is 692. The first-order chi connectivity index (χ1) is 9.44. The lowest BCUT2D eigenvalue weighted by atomic mass is 10.3. The molecule has 0 spiro atoms. The molecule has 2 heterocycles. The van der Waals surface area contributed by atoms with Gasteiger partial charge in [-0.1, -0.05) is 0 Å². The maximum atomic E-state index is 12.2. The van der Waals surface area contributed by atoms with E-state index >= 15 is 0 Å². The molecule has 0 aliphatic heterocycles. The first kappa shape index (κ1) is 14.6. The summed E-state index contributed by atoms with van der Waals surface area (Å²) < 4.78 is 26.8. The third kappa shape index (κ3) is 3.00. The molecule has 0 saturated carbocycles. The molecule has 9 heteroatoms. The van der Waals surface area contributed by atoms with Crippen molar-refractivity contribution in [3.8, 4) is 0 Å². The normalized spacial score (nSPS) is 11.8.